The molecule has 1 rings (SSSR count). The molecule has 0 amide bonds. The molecule has 0 aliphatic carbocycles. The molecule has 0 heterocycles. The summed E-state index contributed by atoms with van der Waals surface area (Å²) in [5.41, 5.74) is 7.57. The van der Waals surface area contributed by atoms with Gasteiger partial charge in [0.15, 0.2) is 5.96 Å². The number of nitrogens with zero attached hydrogens (tertiary/aromatic N) is 1. The van der Waals surface area contributed by atoms with Gasteiger partial charge in [-0.3, -0.25) is 5.41 Å². The summed E-state index contributed by atoms with van der Waals surface area (Å²) in [6, 6.07) is 7.92. The van der Waals surface area contributed by atoms with Gasteiger partial charge in [0.25, 0.3) is 0 Å². The van der Waals surface area contributed by atoms with E-state index in [-0.39, 0.29) is 22.7 Å². The van der Waals surface area contributed by atoms with Crippen LogP contribution in [0.2, 0.25) is 0 Å². The standard InChI is InChI=1S/C18H31N5/c1-7-17(3,4)15(19)22-16(20)21-13-10-9-11-14(12-13)23-18(5,6)8-2/h9-12,23H,7-8H2,1-6H3,(H4,19,20,21,22). The van der Waals surface area contributed by atoms with Crippen LogP contribution in [0.1, 0.15) is 54.4 Å². The van der Waals surface area contributed by atoms with E-state index in [9.17, 15) is 0 Å². The summed E-state index contributed by atoms with van der Waals surface area (Å²) < 4.78 is 0. The first-order chi connectivity index (χ1) is 10.6. The first-order valence-corrected chi connectivity index (χ1v) is 8.18. The summed E-state index contributed by atoms with van der Waals surface area (Å²) in [6.07, 6.45) is 1.87. The van der Waals surface area contributed by atoms with E-state index in [2.05, 4.69) is 36.4 Å². The van der Waals surface area contributed by atoms with Crippen LogP contribution in [0.5, 0.6) is 0 Å². The van der Waals surface area contributed by atoms with Gasteiger partial charge in [0.2, 0.25) is 0 Å². The highest BCUT2D eigenvalue weighted by Crippen LogP contribution is 2.23. The van der Waals surface area contributed by atoms with Crippen molar-refractivity contribution in [2.45, 2.75) is 59.9 Å². The molecule has 5 nitrogen and oxygen atoms in total. The molecule has 0 spiro atoms. The van der Waals surface area contributed by atoms with Crippen LogP contribution >= 0.6 is 0 Å². The van der Waals surface area contributed by atoms with E-state index in [0.717, 1.165) is 24.2 Å². The van der Waals surface area contributed by atoms with Gasteiger partial charge in [-0.15, -0.1) is 0 Å². The van der Waals surface area contributed by atoms with Crippen LogP contribution < -0.4 is 16.4 Å². The molecule has 0 unspecified atom stereocenters. The van der Waals surface area contributed by atoms with Gasteiger partial charge in [-0.1, -0.05) is 33.8 Å². The average molecular weight is 317 g/mol. The molecule has 5 N–H and O–H groups in total. The van der Waals surface area contributed by atoms with E-state index in [1.54, 1.807) is 0 Å². The Hall–Kier alpha value is -2.04. The summed E-state index contributed by atoms with van der Waals surface area (Å²) in [5.74, 6) is 0.523. The Kier molecular flexibility index (Phi) is 6.19. The van der Waals surface area contributed by atoms with Crippen molar-refractivity contribution in [2.24, 2.45) is 16.1 Å². The van der Waals surface area contributed by atoms with E-state index in [1.807, 2.05) is 45.0 Å². The Bertz CT molecular complexity index is 573. The molecule has 23 heavy (non-hydrogen) atoms. The summed E-state index contributed by atoms with van der Waals surface area (Å²) in [7, 11) is 0. The molecule has 0 aromatic heterocycles. The zero-order valence-corrected chi connectivity index (χ0v) is 15.2. The van der Waals surface area contributed by atoms with Gasteiger partial charge in [-0.2, -0.15) is 4.99 Å². The van der Waals surface area contributed by atoms with E-state index < -0.39 is 0 Å². The van der Waals surface area contributed by atoms with E-state index >= 15 is 0 Å². The summed E-state index contributed by atoms with van der Waals surface area (Å²) in [6.45, 7) is 12.5. The Balaban J connectivity index is 2.83. The van der Waals surface area contributed by atoms with E-state index in [4.69, 9.17) is 11.1 Å². The first-order valence-electron chi connectivity index (χ1n) is 8.18. The Morgan fingerprint density at radius 3 is 2.30 bits per heavy atom. The molecular formula is C18H31N5. The first kappa shape index (κ1) is 19.0. The Labute approximate surface area is 140 Å². The fourth-order valence-electron chi connectivity index (χ4n) is 1.77. The number of rotatable bonds is 6. The van der Waals surface area contributed by atoms with E-state index in [1.165, 1.54) is 0 Å². The monoisotopic (exact) mass is 317 g/mol. The second-order valence-electron chi connectivity index (χ2n) is 7.15. The predicted molar refractivity (Wildman–Crippen MR) is 101 cm³/mol. The number of hydrogen-bond acceptors (Lipinski definition) is 2. The molecule has 0 aliphatic rings. The maximum Gasteiger partial charge on any atom is 0.199 e. The number of aliphatic imine (C=N–C) groups is 1. The van der Waals surface area contributed by atoms with Gasteiger partial charge < -0.3 is 16.4 Å². The van der Waals surface area contributed by atoms with Gasteiger partial charge >= 0.3 is 0 Å². The van der Waals surface area contributed by atoms with Crippen LogP contribution in [0.4, 0.5) is 11.4 Å². The lowest BCUT2D eigenvalue weighted by atomic mass is 9.89. The fourth-order valence-corrected chi connectivity index (χ4v) is 1.77. The quantitative estimate of drug-likeness (QED) is 0.462. The van der Waals surface area contributed by atoms with Crippen LogP contribution in [0.15, 0.2) is 29.3 Å². The second kappa shape index (κ2) is 7.49. The highest BCUT2D eigenvalue weighted by Gasteiger charge is 2.21. The molecule has 0 saturated carbocycles. The van der Waals surface area contributed by atoms with Crippen molar-refractivity contribution in [1.82, 2.24) is 0 Å². The third kappa shape index (κ3) is 5.93. The van der Waals surface area contributed by atoms with Crippen molar-refractivity contribution in [1.29, 1.82) is 5.41 Å². The average Bonchev–Trinajstić information content (AvgIpc) is 2.46. The molecule has 0 atom stereocenters. The molecule has 0 bridgehead atoms. The molecular weight excluding hydrogens is 286 g/mol. The minimum atomic E-state index is -0.277. The lowest BCUT2D eigenvalue weighted by molar-refractivity contribution is 0.495. The van der Waals surface area contributed by atoms with Gasteiger partial charge in [-0.05, 0) is 44.9 Å². The minimum absolute atomic E-state index is 0.0333. The number of guanidine groups is 1. The molecule has 0 radical (unpaired) electrons. The Morgan fingerprint density at radius 1 is 1.13 bits per heavy atom. The van der Waals surface area contributed by atoms with Gasteiger partial charge in [0, 0.05) is 22.3 Å². The maximum absolute atomic E-state index is 8.05. The smallest absolute Gasteiger partial charge is 0.199 e. The number of hydrogen-bond donors (Lipinski definition) is 4. The number of nitrogens with two attached hydrogens (primary N) is 1. The van der Waals surface area contributed by atoms with Crippen LogP contribution in [0, 0.1) is 10.8 Å². The van der Waals surface area contributed by atoms with Gasteiger partial charge in [0.1, 0.15) is 5.84 Å². The number of anilines is 2. The van der Waals surface area contributed by atoms with Crippen molar-refractivity contribution in [3.63, 3.8) is 0 Å². The predicted octanol–water partition coefficient (Wildman–Crippen LogP) is 4.43. The molecule has 128 valence electrons. The third-order valence-electron chi connectivity index (χ3n) is 4.26. The van der Waals surface area contributed by atoms with Crippen molar-refractivity contribution < 1.29 is 0 Å². The molecule has 5 heteroatoms. The van der Waals surface area contributed by atoms with Crippen molar-refractivity contribution >= 4 is 23.2 Å². The van der Waals surface area contributed by atoms with Crippen molar-refractivity contribution in [3.8, 4) is 0 Å². The molecule has 0 aliphatic heterocycles. The number of nitrogens with one attached hydrogen (secondary N) is 3. The SMILES string of the molecule is CCC(C)(C)Nc1cccc(N/C(N)=N/C(=N)C(C)(C)CC)c1. The van der Waals surface area contributed by atoms with Crippen LogP contribution in [-0.4, -0.2) is 17.3 Å². The van der Waals surface area contributed by atoms with Gasteiger partial charge in [0.05, 0.1) is 0 Å². The zero-order valence-electron chi connectivity index (χ0n) is 15.2. The van der Waals surface area contributed by atoms with E-state index in [0.29, 0.717) is 0 Å². The topological polar surface area (TPSA) is 86.3 Å². The molecule has 0 saturated heterocycles. The lowest BCUT2D eigenvalue weighted by Gasteiger charge is -2.26. The number of amidine groups is 1. The largest absolute Gasteiger partial charge is 0.380 e. The summed E-state index contributed by atoms with van der Waals surface area (Å²) in [4.78, 5) is 4.18. The van der Waals surface area contributed by atoms with Crippen LogP contribution in [0.25, 0.3) is 0 Å². The molecule has 0 fully saturated rings. The Morgan fingerprint density at radius 2 is 1.74 bits per heavy atom. The zero-order chi connectivity index (χ0) is 17.7. The highest BCUT2D eigenvalue weighted by molar-refractivity contribution is 6.02. The normalized spacial score (nSPS) is 12.9. The fraction of sp³-hybridized carbons (Fsp3) is 0.556. The van der Waals surface area contributed by atoms with Crippen LogP contribution in [-0.2, 0) is 0 Å². The van der Waals surface area contributed by atoms with Crippen LogP contribution in [0.3, 0.4) is 0 Å². The maximum atomic E-state index is 8.05. The van der Waals surface area contributed by atoms with Gasteiger partial charge in [-0.25, -0.2) is 0 Å². The summed E-state index contributed by atoms with van der Waals surface area (Å²) >= 11 is 0. The summed E-state index contributed by atoms with van der Waals surface area (Å²) in [5, 5.41) is 14.6. The second-order valence-corrected chi connectivity index (χ2v) is 7.15. The lowest BCUT2D eigenvalue weighted by Crippen LogP contribution is -2.30. The minimum Gasteiger partial charge on any atom is -0.380 e. The van der Waals surface area contributed by atoms with Crippen molar-refractivity contribution in [3.05, 3.63) is 24.3 Å². The van der Waals surface area contributed by atoms with Crippen molar-refractivity contribution in [2.75, 3.05) is 10.6 Å². The third-order valence-corrected chi connectivity index (χ3v) is 4.26. The highest BCUT2D eigenvalue weighted by atomic mass is 15.1. The number of benzene rings is 1. The molecule has 1 aromatic carbocycles. The molecule has 1 aromatic rings.